The number of phenols is 1. The lowest BCUT2D eigenvalue weighted by atomic mass is 10.0. The van der Waals surface area contributed by atoms with E-state index in [0.717, 1.165) is 12.1 Å². The van der Waals surface area contributed by atoms with Crippen LogP contribution in [-0.4, -0.2) is 26.5 Å². The molecule has 2 aromatic rings. The van der Waals surface area contributed by atoms with E-state index in [1.54, 1.807) is 20.8 Å². The minimum Gasteiger partial charge on any atom is -0.507 e. The van der Waals surface area contributed by atoms with Gasteiger partial charge in [-0.25, -0.2) is 4.39 Å². The van der Waals surface area contributed by atoms with Crippen LogP contribution in [0.4, 0.5) is 4.39 Å². The van der Waals surface area contributed by atoms with Gasteiger partial charge in [0.05, 0.1) is 10.6 Å². The largest absolute Gasteiger partial charge is 0.507 e. The molecule has 0 atom stereocenters. The van der Waals surface area contributed by atoms with E-state index < -0.39 is 11.4 Å². The maximum Gasteiger partial charge on any atom is 0.143 e. The van der Waals surface area contributed by atoms with Crippen molar-refractivity contribution >= 4 is 17.3 Å². The highest BCUT2D eigenvalue weighted by Crippen LogP contribution is 2.29. The molecule has 0 radical (unpaired) electrons. The molecule has 0 spiro atoms. The van der Waals surface area contributed by atoms with Gasteiger partial charge in [0.1, 0.15) is 34.3 Å². The third-order valence-corrected chi connectivity index (χ3v) is 3.00. The van der Waals surface area contributed by atoms with Crippen molar-refractivity contribution in [2.45, 2.75) is 26.4 Å². The van der Waals surface area contributed by atoms with E-state index in [-0.39, 0.29) is 33.5 Å². The second-order valence-electron chi connectivity index (χ2n) is 5.80. The Morgan fingerprint density at radius 3 is 2.57 bits per heavy atom. The topological polar surface area (TPSA) is 74.9 Å². The monoisotopic (exact) mass is 338 g/mol. The van der Waals surface area contributed by atoms with Gasteiger partial charge in [-0.2, -0.15) is 0 Å². The first-order valence-electron chi connectivity index (χ1n) is 6.78. The van der Waals surface area contributed by atoms with Gasteiger partial charge in [-0.3, -0.25) is 4.98 Å². The molecule has 1 heterocycles. The number of aromatic hydroxyl groups is 2. The molecule has 122 valence electrons. The van der Waals surface area contributed by atoms with Gasteiger partial charge in [0.2, 0.25) is 0 Å². The number of rotatable bonds is 3. The summed E-state index contributed by atoms with van der Waals surface area (Å²) in [6.45, 7) is 5.32. The molecule has 0 saturated heterocycles. The van der Waals surface area contributed by atoms with E-state index in [0.29, 0.717) is 0 Å². The molecule has 2 rings (SSSR count). The lowest BCUT2D eigenvalue weighted by Crippen LogP contribution is -2.18. The molecule has 2 N–H and O–H groups in total. The van der Waals surface area contributed by atoms with Crippen LogP contribution in [0.25, 0.3) is 0 Å². The quantitative estimate of drug-likeness (QED) is 0.658. The number of benzene rings is 1. The predicted octanol–water partition coefficient (Wildman–Crippen LogP) is 3.85. The zero-order valence-electron chi connectivity index (χ0n) is 12.8. The predicted molar refractivity (Wildman–Crippen MR) is 85.5 cm³/mol. The summed E-state index contributed by atoms with van der Waals surface area (Å²) >= 11 is 5.65. The van der Waals surface area contributed by atoms with Crippen LogP contribution in [0.3, 0.4) is 0 Å². The van der Waals surface area contributed by atoms with Crippen molar-refractivity contribution < 1.29 is 19.4 Å². The zero-order chi connectivity index (χ0) is 17.2. The van der Waals surface area contributed by atoms with Crippen molar-refractivity contribution in [1.82, 2.24) is 4.98 Å². The van der Waals surface area contributed by atoms with Crippen LogP contribution in [0, 0.1) is 5.82 Å². The fourth-order valence-corrected chi connectivity index (χ4v) is 1.87. The number of hydrogen-bond donors (Lipinski definition) is 2. The highest BCUT2D eigenvalue weighted by Gasteiger charge is 2.21. The van der Waals surface area contributed by atoms with Gasteiger partial charge in [-0.1, -0.05) is 16.8 Å². The molecule has 0 saturated carbocycles. The molecule has 7 heteroatoms. The number of halogens is 2. The summed E-state index contributed by atoms with van der Waals surface area (Å²) in [5, 5.41) is 23.8. The van der Waals surface area contributed by atoms with Gasteiger partial charge in [-0.05, 0) is 39.0 Å². The molecule has 0 unspecified atom stereocenters. The number of nitrogens with zero attached hydrogens (tertiary/aromatic N) is 2. The molecular weight excluding hydrogens is 323 g/mol. The van der Waals surface area contributed by atoms with E-state index in [4.69, 9.17) is 16.4 Å². The summed E-state index contributed by atoms with van der Waals surface area (Å²) in [6, 6.07) is 5.00. The van der Waals surface area contributed by atoms with E-state index >= 15 is 0 Å². The maximum absolute atomic E-state index is 13.8. The Kier molecular flexibility index (Phi) is 4.75. The lowest BCUT2D eigenvalue weighted by Gasteiger charge is -2.17. The number of aromatic nitrogens is 1. The van der Waals surface area contributed by atoms with Crippen LogP contribution in [-0.2, 0) is 4.84 Å². The highest BCUT2D eigenvalue weighted by molar-refractivity contribution is 6.31. The first-order valence-corrected chi connectivity index (χ1v) is 7.16. The Bertz CT molecular complexity index is 757. The van der Waals surface area contributed by atoms with Gasteiger partial charge in [-0.15, -0.1) is 0 Å². The van der Waals surface area contributed by atoms with Crippen molar-refractivity contribution in [3.63, 3.8) is 0 Å². The van der Waals surface area contributed by atoms with Gasteiger partial charge in [0.25, 0.3) is 0 Å². The maximum atomic E-state index is 13.8. The lowest BCUT2D eigenvalue weighted by molar-refractivity contribution is 0.00108. The van der Waals surface area contributed by atoms with Crippen LogP contribution in [0.2, 0.25) is 5.02 Å². The van der Waals surface area contributed by atoms with Crippen LogP contribution in [0.5, 0.6) is 11.5 Å². The van der Waals surface area contributed by atoms with Crippen LogP contribution in [0.15, 0.2) is 35.6 Å². The molecule has 5 nitrogen and oxygen atoms in total. The summed E-state index contributed by atoms with van der Waals surface area (Å²) in [7, 11) is 0. The minimum absolute atomic E-state index is 0.00477. The SMILES string of the molecule is CC(C)(C)O/N=C(\c1cc(F)c(Cl)cc1O)c1ncccc1O. The molecule has 0 amide bonds. The van der Waals surface area contributed by atoms with E-state index in [2.05, 4.69) is 10.1 Å². The summed E-state index contributed by atoms with van der Waals surface area (Å²) in [5.41, 5.74) is -0.582. The average Bonchev–Trinajstić information content (AvgIpc) is 2.45. The van der Waals surface area contributed by atoms with Crippen molar-refractivity contribution in [2.24, 2.45) is 5.16 Å². The fourth-order valence-electron chi connectivity index (χ4n) is 1.71. The third-order valence-electron chi connectivity index (χ3n) is 2.72. The first kappa shape index (κ1) is 17.0. The fraction of sp³-hybridized carbons (Fsp3) is 0.250. The van der Waals surface area contributed by atoms with Crippen LogP contribution >= 0.6 is 11.6 Å². The third kappa shape index (κ3) is 4.10. The van der Waals surface area contributed by atoms with Crippen molar-refractivity contribution in [3.05, 3.63) is 52.6 Å². The normalized spacial score (nSPS) is 12.3. The molecule has 1 aromatic carbocycles. The highest BCUT2D eigenvalue weighted by atomic mass is 35.5. The van der Waals surface area contributed by atoms with Crippen LogP contribution < -0.4 is 0 Å². The Morgan fingerprint density at radius 1 is 1.26 bits per heavy atom. The summed E-state index contributed by atoms with van der Waals surface area (Å²) in [4.78, 5) is 9.37. The second-order valence-corrected chi connectivity index (χ2v) is 6.21. The first-order chi connectivity index (χ1) is 10.7. The molecule has 23 heavy (non-hydrogen) atoms. The standard InChI is InChI=1S/C16H16ClFN2O3/c1-16(2,3)23-20-14(15-12(21)5-4-6-19-15)9-7-11(18)10(17)8-13(9)22/h4-8,21-22H,1-3H3/b20-14+. The summed E-state index contributed by atoms with van der Waals surface area (Å²) in [6.07, 6.45) is 1.44. The Balaban J connectivity index is 2.64. The smallest absolute Gasteiger partial charge is 0.143 e. The van der Waals surface area contributed by atoms with Crippen molar-refractivity contribution in [3.8, 4) is 11.5 Å². The van der Waals surface area contributed by atoms with E-state index in [1.807, 2.05) is 0 Å². The summed E-state index contributed by atoms with van der Waals surface area (Å²) in [5.74, 6) is -1.23. The molecule has 0 aliphatic rings. The van der Waals surface area contributed by atoms with E-state index in [9.17, 15) is 14.6 Å². The molecule has 1 aromatic heterocycles. The number of pyridine rings is 1. The second kappa shape index (κ2) is 6.42. The number of phenolic OH excluding ortho intramolecular Hbond substituents is 1. The average molecular weight is 339 g/mol. The van der Waals surface area contributed by atoms with Gasteiger partial charge in [0.15, 0.2) is 0 Å². The Hall–Kier alpha value is -2.34. The molecular formula is C16H16ClFN2O3. The van der Waals surface area contributed by atoms with Gasteiger partial charge < -0.3 is 15.1 Å². The summed E-state index contributed by atoms with van der Waals surface area (Å²) < 4.78 is 13.8. The molecule has 0 bridgehead atoms. The molecule has 0 aliphatic carbocycles. The van der Waals surface area contributed by atoms with Gasteiger partial charge in [0, 0.05) is 12.3 Å². The number of oxime groups is 1. The van der Waals surface area contributed by atoms with Crippen LogP contribution in [0.1, 0.15) is 32.0 Å². The Labute approximate surface area is 138 Å². The minimum atomic E-state index is -0.738. The van der Waals surface area contributed by atoms with Crippen molar-refractivity contribution in [1.29, 1.82) is 0 Å². The van der Waals surface area contributed by atoms with Gasteiger partial charge >= 0.3 is 0 Å². The van der Waals surface area contributed by atoms with Crippen molar-refractivity contribution in [2.75, 3.05) is 0 Å². The zero-order valence-corrected chi connectivity index (χ0v) is 13.6. The Morgan fingerprint density at radius 2 is 1.96 bits per heavy atom. The number of hydrogen-bond acceptors (Lipinski definition) is 5. The van der Waals surface area contributed by atoms with E-state index in [1.165, 1.54) is 18.3 Å². The molecule has 0 fully saturated rings. The molecule has 0 aliphatic heterocycles.